The van der Waals surface area contributed by atoms with Gasteiger partial charge in [0.05, 0.1) is 0 Å². The number of nitrogens with one attached hydrogen (secondary N) is 1. The van der Waals surface area contributed by atoms with Gasteiger partial charge in [-0.2, -0.15) is 15.0 Å². The largest absolute Gasteiger partial charge is 0.454 e. The fourth-order valence-corrected chi connectivity index (χ4v) is 2.38. The number of halogens is 2. The molecule has 3 N–H and O–H groups in total. The minimum absolute atomic E-state index is 0.0415. The number of carbonyl (C=O) groups is 1. The predicted molar refractivity (Wildman–Crippen MR) is 104 cm³/mol. The van der Waals surface area contributed by atoms with Crippen molar-refractivity contribution in [2.75, 3.05) is 11.1 Å². The third-order valence-corrected chi connectivity index (χ3v) is 3.64. The molecule has 0 spiro atoms. The first kappa shape index (κ1) is 19.2. The number of aromatic nitrogens is 3. The Bertz CT molecular complexity index is 1010. The Morgan fingerprint density at radius 1 is 1.18 bits per heavy atom. The van der Waals surface area contributed by atoms with Crippen LogP contribution in [0.5, 0.6) is 0 Å². The number of carbonyl (C=O) groups excluding carboxylic acids is 1. The van der Waals surface area contributed by atoms with Gasteiger partial charge in [0.15, 0.2) is 12.4 Å². The number of anilines is 3. The number of hydrogen-bond acceptors (Lipinski definition) is 7. The van der Waals surface area contributed by atoms with Gasteiger partial charge in [-0.15, -0.1) is 0 Å². The summed E-state index contributed by atoms with van der Waals surface area (Å²) in [5.74, 6) is -0.660. The van der Waals surface area contributed by atoms with Crippen molar-refractivity contribution in [3.8, 4) is 0 Å². The second-order valence-corrected chi connectivity index (χ2v) is 6.00. The Morgan fingerprint density at radius 2 is 1.96 bits per heavy atom. The normalized spacial score (nSPS) is 10.8. The zero-order chi connectivity index (χ0) is 19.9. The summed E-state index contributed by atoms with van der Waals surface area (Å²) in [5, 5.41) is 3.44. The summed E-state index contributed by atoms with van der Waals surface area (Å²) in [5.41, 5.74) is 7.00. The van der Waals surface area contributed by atoms with Gasteiger partial charge in [-0.05, 0) is 48.0 Å². The molecule has 0 fully saturated rings. The lowest BCUT2D eigenvalue weighted by atomic mass is 10.2. The van der Waals surface area contributed by atoms with Crippen molar-refractivity contribution in [3.63, 3.8) is 0 Å². The average molecular weight is 400 g/mol. The number of esters is 1. The van der Waals surface area contributed by atoms with Crippen molar-refractivity contribution >= 4 is 41.2 Å². The molecule has 0 unspecified atom stereocenters. The highest BCUT2D eigenvalue weighted by atomic mass is 35.5. The molecule has 28 heavy (non-hydrogen) atoms. The van der Waals surface area contributed by atoms with Gasteiger partial charge < -0.3 is 15.8 Å². The van der Waals surface area contributed by atoms with Gasteiger partial charge in [0, 0.05) is 16.8 Å². The van der Waals surface area contributed by atoms with Crippen molar-refractivity contribution in [1.29, 1.82) is 0 Å². The van der Waals surface area contributed by atoms with E-state index in [1.54, 1.807) is 30.3 Å². The molecule has 3 rings (SSSR count). The quantitative estimate of drug-likeness (QED) is 0.480. The Kier molecular flexibility index (Phi) is 6.13. The molecule has 0 bridgehead atoms. The minimum atomic E-state index is -0.577. The van der Waals surface area contributed by atoms with Gasteiger partial charge >= 0.3 is 5.97 Å². The highest BCUT2D eigenvalue weighted by Crippen LogP contribution is 2.15. The van der Waals surface area contributed by atoms with Crippen LogP contribution in [0.25, 0.3) is 6.08 Å². The minimum Gasteiger partial charge on any atom is -0.454 e. The molecule has 0 atom stereocenters. The third kappa shape index (κ3) is 5.75. The molecule has 1 aromatic heterocycles. The predicted octanol–water partition coefficient (Wildman–Crippen LogP) is 3.75. The number of nitrogens with two attached hydrogens (primary N) is 1. The zero-order valence-electron chi connectivity index (χ0n) is 14.5. The van der Waals surface area contributed by atoms with Crippen molar-refractivity contribution < 1.29 is 13.9 Å². The molecule has 3 aromatic rings. The van der Waals surface area contributed by atoms with E-state index in [2.05, 4.69) is 20.3 Å². The molecular formula is C19H15ClFN5O2. The van der Waals surface area contributed by atoms with Gasteiger partial charge in [-0.3, -0.25) is 0 Å². The maximum atomic E-state index is 13.0. The van der Waals surface area contributed by atoms with Crippen molar-refractivity contribution in [1.82, 2.24) is 15.0 Å². The zero-order valence-corrected chi connectivity index (χ0v) is 15.2. The summed E-state index contributed by atoms with van der Waals surface area (Å²) < 4.78 is 18.1. The topological polar surface area (TPSA) is 103 Å². The van der Waals surface area contributed by atoms with E-state index < -0.39 is 5.97 Å². The lowest BCUT2D eigenvalue weighted by molar-refractivity contribution is -0.139. The number of nitrogens with zero attached hydrogens (tertiary/aromatic N) is 3. The van der Waals surface area contributed by atoms with Gasteiger partial charge in [0.25, 0.3) is 0 Å². The standard InChI is InChI=1S/C19H15ClFN5O2/c20-13-3-1-2-12(10-13)4-9-17(27)28-11-16-24-18(22)26-19(25-16)23-15-7-5-14(21)6-8-15/h1-10H,11H2,(H3,22,23,24,25,26)/b9-4+. The third-order valence-electron chi connectivity index (χ3n) is 3.40. The monoisotopic (exact) mass is 399 g/mol. The molecule has 0 amide bonds. The maximum absolute atomic E-state index is 13.0. The molecule has 0 saturated carbocycles. The molecule has 0 aliphatic carbocycles. The van der Waals surface area contributed by atoms with Crippen molar-refractivity contribution in [2.45, 2.75) is 6.61 Å². The summed E-state index contributed by atoms with van der Waals surface area (Å²) in [6.45, 7) is -0.191. The SMILES string of the molecule is Nc1nc(COC(=O)/C=C/c2cccc(Cl)c2)nc(Nc2ccc(F)cc2)n1. The first-order valence-electron chi connectivity index (χ1n) is 8.11. The summed E-state index contributed by atoms with van der Waals surface area (Å²) in [7, 11) is 0. The first-order chi connectivity index (χ1) is 13.5. The highest BCUT2D eigenvalue weighted by molar-refractivity contribution is 6.30. The smallest absolute Gasteiger partial charge is 0.331 e. The number of nitrogen functional groups attached to an aromatic ring is 1. The summed E-state index contributed by atoms with van der Waals surface area (Å²) >= 11 is 5.89. The van der Waals surface area contributed by atoms with Crippen LogP contribution in [0.4, 0.5) is 22.0 Å². The van der Waals surface area contributed by atoms with E-state index in [0.717, 1.165) is 5.56 Å². The Morgan fingerprint density at radius 3 is 2.71 bits per heavy atom. The molecule has 0 radical (unpaired) electrons. The highest BCUT2D eigenvalue weighted by Gasteiger charge is 2.07. The van der Waals surface area contributed by atoms with Crippen molar-refractivity contribution in [2.24, 2.45) is 0 Å². The van der Waals surface area contributed by atoms with E-state index in [4.69, 9.17) is 22.1 Å². The van der Waals surface area contributed by atoms with Gasteiger partial charge in [-0.25, -0.2) is 9.18 Å². The number of benzene rings is 2. The van der Waals surface area contributed by atoms with Gasteiger partial charge in [0.2, 0.25) is 11.9 Å². The molecule has 0 aliphatic heterocycles. The van der Waals surface area contributed by atoms with Crippen LogP contribution < -0.4 is 11.1 Å². The average Bonchev–Trinajstić information content (AvgIpc) is 2.66. The van der Waals surface area contributed by atoms with E-state index in [1.165, 1.54) is 30.3 Å². The van der Waals surface area contributed by atoms with Crippen LogP contribution in [-0.4, -0.2) is 20.9 Å². The van der Waals surface area contributed by atoms with E-state index in [-0.39, 0.29) is 30.1 Å². The first-order valence-corrected chi connectivity index (χ1v) is 8.49. The summed E-state index contributed by atoms with van der Waals surface area (Å²) in [6.07, 6.45) is 2.85. The van der Waals surface area contributed by atoms with Crippen LogP contribution in [0.1, 0.15) is 11.4 Å². The van der Waals surface area contributed by atoms with Gasteiger partial charge in [-0.1, -0.05) is 23.7 Å². The second-order valence-electron chi connectivity index (χ2n) is 5.56. The molecule has 1 heterocycles. The fraction of sp³-hybridized carbons (Fsp3) is 0.0526. The Balaban J connectivity index is 1.61. The van der Waals surface area contributed by atoms with Crippen LogP contribution in [0, 0.1) is 5.82 Å². The molecule has 142 valence electrons. The lowest BCUT2D eigenvalue weighted by Crippen LogP contribution is -2.10. The van der Waals surface area contributed by atoms with Crippen LogP contribution in [-0.2, 0) is 16.1 Å². The van der Waals surface area contributed by atoms with Gasteiger partial charge in [0.1, 0.15) is 5.82 Å². The molecule has 9 heteroatoms. The Labute approximate surface area is 165 Å². The van der Waals surface area contributed by atoms with Crippen molar-refractivity contribution in [3.05, 3.63) is 76.8 Å². The maximum Gasteiger partial charge on any atom is 0.331 e. The van der Waals surface area contributed by atoms with Crippen LogP contribution in [0.15, 0.2) is 54.6 Å². The Hall–Kier alpha value is -3.52. The summed E-state index contributed by atoms with van der Waals surface area (Å²) in [4.78, 5) is 23.9. The molecule has 0 saturated heterocycles. The second kappa shape index (κ2) is 8.92. The molecule has 0 aliphatic rings. The van der Waals surface area contributed by atoms with Crippen LogP contribution >= 0.6 is 11.6 Å². The fourth-order valence-electron chi connectivity index (χ4n) is 2.18. The molecular weight excluding hydrogens is 385 g/mol. The van der Waals surface area contributed by atoms with Crippen LogP contribution in [0.2, 0.25) is 5.02 Å². The van der Waals surface area contributed by atoms with E-state index in [9.17, 15) is 9.18 Å². The molecule has 7 nitrogen and oxygen atoms in total. The van der Waals surface area contributed by atoms with E-state index in [0.29, 0.717) is 10.7 Å². The van der Waals surface area contributed by atoms with E-state index in [1.807, 2.05) is 0 Å². The van der Waals surface area contributed by atoms with Crippen LogP contribution in [0.3, 0.4) is 0 Å². The summed E-state index contributed by atoms with van der Waals surface area (Å²) in [6, 6.07) is 12.7. The number of rotatable bonds is 6. The molecule has 2 aromatic carbocycles. The number of hydrogen-bond donors (Lipinski definition) is 2. The number of ether oxygens (including phenoxy) is 1. The lowest BCUT2D eigenvalue weighted by Gasteiger charge is -2.07. The van der Waals surface area contributed by atoms with E-state index >= 15 is 0 Å².